The molecule has 7 nitrogen and oxygen atoms in total. The zero-order valence-electron chi connectivity index (χ0n) is 16.2. The fourth-order valence-electron chi connectivity index (χ4n) is 3.53. The van der Waals surface area contributed by atoms with Gasteiger partial charge in [0.05, 0.1) is 10.7 Å². The normalized spacial score (nSPS) is 19.2. The highest BCUT2D eigenvalue weighted by Crippen LogP contribution is 2.32. The van der Waals surface area contributed by atoms with Crippen LogP contribution in [0.4, 0.5) is 17.6 Å². The van der Waals surface area contributed by atoms with E-state index in [9.17, 15) is 4.79 Å². The third-order valence-corrected chi connectivity index (χ3v) is 5.73. The van der Waals surface area contributed by atoms with Crippen molar-refractivity contribution in [1.82, 2.24) is 15.0 Å². The molecule has 2 unspecified atom stereocenters. The fraction of sp³-hybridized carbons (Fsp3) is 0.474. The van der Waals surface area contributed by atoms with Gasteiger partial charge in [-0.3, -0.25) is 4.79 Å². The minimum absolute atomic E-state index is 0.0670. The second kappa shape index (κ2) is 9.05. The smallest absolute Gasteiger partial charge is 0.229 e. The summed E-state index contributed by atoms with van der Waals surface area (Å²) in [4.78, 5) is 27.6. The number of carbonyl (C=O) groups excluding carboxylic acids is 1. The van der Waals surface area contributed by atoms with E-state index in [1.807, 2.05) is 19.1 Å². The van der Waals surface area contributed by atoms with E-state index in [2.05, 4.69) is 41.5 Å². The van der Waals surface area contributed by atoms with Crippen molar-refractivity contribution in [2.24, 2.45) is 5.92 Å². The van der Waals surface area contributed by atoms with Crippen LogP contribution in [0.3, 0.4) is 0 Å². The van der Waals surface area contributed by atoms with E-state index in [4.69, 9.17) is 11.6 Å². The predicted octanol–water partition coefficient (Wildman–Crippen LogP) is 4.27. The summed E-state index contributed by atoms with van der Waals surface area (Å²) in [7, 11) is 3.56. The van der Waals surface area contributed by atoms with E-state index >= 15 is 0 Å². The van der Waals surface area contributed by atoms with Gasteiger partial charge in [0.1, 0.15) is 5.82 Å². The van der Waals surface area contributed by atoms with Crippen molar-refractivity contribution >= 4 is 51.0 Å². The first kappa shape index (κ1) is 20.8. The molecule has 9 heteroatoms. The van der Waals surface area contributed by atoms with Crippen LogP contribution < -0.4 is 15.5 Å². The minimum atomic E-state index is -0.0670. The van der Waals surface area contributed by atoms with Crippen molar-refractivity contribution in [3.63, 3.8) is 0 Å². The van der Waals surface area contributed by atoms with Crippen LogP contribution >= 0.6 is 27.5 Å². The van der Waals surface area contributed by atoms with Gasteiger partial charge in [0.15, 0.2) is 0 Å². The Balaban J connectivity index is 1.68. The third kappa shape index (κ3) is 4.91. The Kier molecular flexibility index (Phi) is 6.72. The van der Waals surface area contributed by atoms with E-state index in [1.54, 1.807) is 25.1 Å². The summed E-state index contributed by atoms with van der Waals surface area (Å²) >= 11 is 9.72. The molecular weight excluding hydrogens is 444 g/mol. The van der Waals surface area contributed by atoms with Gasteiger partial charge in [-0.2, -0.15) is 15.0 Å². The van der Waals surface area contributed by atoms with Crippen LogP contribution in [0.1, 0.15) is 31.5 Å². The van der Waals surface area contributed by atoms with Gasteiger partial charge < -0.3 is 15.5 Å². The summed E-state index contributed by atoms with van der Waals surface area (Å²) in [5.74, 6) is 1.73. The second-order valence-corrected chi connectivity index (χ2v) is 8.30. The largest absolute Gasteiger partial charge is 0.357 e. The number of rotatable bonds is 5. The average Bonchev–Trinajstić information content (AvgIpc) is 2.66. The van der Waals surface area contributed by atoms with Gasteiger partial charge in [0.2, 0.25) is 17.8 Å². The van der Waals surface area contributed by atoms with Crippen LogP contribution in [0.15, 0.2) is 22.7 Å². The number of nitrogens with one attached hydrogen (secondary N) is 2. The minimum Gasteiger partial charge on any atom is -0.357 e. The Labute approximate surface area is 178 Å². The Hall–Kier alpha value is -1.93. The lowest BCUT2D eigenvalue weighted by atomic mass is 9.84. The van der Waals surface area contributed by atoms with E-state index in [1.165, 1.54) is 0 Å². The maximum atomic E-state index is 13.1. The van der Waals surface area contributed by atoms with Crippen LogP contribution in [0.5, 0.6) is 0 Å². The standard InChI is InChI=1S/C19H24BrClN6O/c1-11-23-18(22-2)26-19(24-11)25-14-6-4-5-12(9-14)17(28)27(3)16-8-7-13(20)10-15(16)21/h7-8,10,12,14H,4-6,9H2,1-3H3,(H2,22,23,24,25,26). The number of hydrogen-bond donors (Lipinski definition) is 2. The Morgan fingerprint density at radius 2 is 2.00 bits per heavy atom. The van der Waals surface area contributed by atoms with Gasteiger partial charge in [-0.15, -0.1) is 0 Å². The highest BCUT2D eigenvalue weighted by Gasteiger charge is 2.30. The summed E-state index contributed by atoms with van der Waals surface area (Å²) in [6.45, 7) is 1.83. The predicted molar refractivity (Wildman–Crippen MR) is 116 cm³/mol. The van der Waals surface area contributed by atoms with Crippen molar-refractivity contribution < 1.29 is 4.79 Å². The topological polar surface area (TPSA) is 83.0 Å². The molecule has 2 N–H and O–H groups in total. The molecule has 0 spiro atoms. The molecular formula is C19H24BrClN6O. The second-order valence-electron chi connectivity index (χ2n) is 6.98. The highest BCUT2D eigenvalue weighted by molar-refractivity contribution is 9.10. The first-order chi connectivity index (χ1) is 13.4. The van der Waals surface area contributed by atoms with Crippen molar-refractivity contribution in [2.75, 3.05) is 29.6 Å². The van der Waals surface area contributed by atoms with Gasteiger partial charge in [0, 0.05) is 30.5 Å². The monoisotopic (exact) mass is 466 g/mol. The van der Waals surface area contributed by atoms with Crippen LogP contribution in [-0.4, -0.2) is 41.0 Å². The van der Waals surface area contributed by atoms with Crippen LogP contribution in [-0.2, 0) is 4.79 Å². The number of aryl methyl sites for hydroxylation is 1. The number of anilines is 3. The summed E-state index contributed by atoms with van der Waals surface area (Å²) < 4.78 is 0.887. The molecule has 1 aromatic carbocycles. The molecule has 3 rings (SSSR count). The lowest BCUT2D eigenvalue weighted by Crippen LogP contribution is -2.39. The number of nitrogens with zero attached hydrogens (tertiary/aromatic N) is 4. The zero-order valence-corrected chi connectivity index (χ0v) is 18.5. The van der Waals surface area contributed by atoms with Crippen molar-refractivity contribution in [1.29, 1.82) is 0 Å². The molecule has 1 heterocycles. The number of hydrogen-bond acceptors (Lipinski definition) is 6. The number of aromatic nitrogens is 3. The van der Waals surface area contributed by atoms with Crippen molar-refractivity contribution in [2.45, 2.75) is 38.6 Å². The molecule has 2 atom stereocenters. The molecule has 0 radical (unpaired) electrons. The summed E-state index contributed by atoms with van der Waals surface area (Å²) in [5, 5.41) is 6.86. The van der Waals surface area contributed by atoms with Crippen LogP contribution in [0, 0.1) is 12.8 Å². The molecule has 0 bridgehead atoms. The molecule has 1 fully saturated rings. The fourth-order valence-corrected chi connectivity index (χ4v) is 4.33. The van der Waals surface area contributed by atoms with Gasteiger partial charge in [-0.25, -0.2) is 0 Å². The Bertz CT molecular complexity index is 864. The highest BCUT2D eigenvalue weighted by atomic mass is 79.9. The summed E-state index contributed by atoms with van der Waals surface area (Å²) in [6, 6.07) is 5.69. The molecule has 0 aliphatic heterocycles. The average molecular weight is 468 g/mol. The summed E-state index contributed by atoms with van der Waals surface area (Å²) in [6.07, 6.45) is 3.55. The van der Waals surface area contributed by atoms with Gasteiger partial charge in [0.25, 0.3) is 0 Å². The molecule has 1 saturated carbocycles. The SMILES string of the molecule is CNc1nc(C)nc(NC2CCCC(C(=O)N(C)c3ccc(Br)cc3Cl)C2)n1. The molecule has 1 aliphatic carbocycles. The van der Waals surface area contributed by atoms with Crippen LogP contribution in [0.25, 0.3) is 0 Å². The van der Waals surface area contributed by atoms with E-state index in [-0.39, 0.29) is 17.9 Å². The Morgan fingerprint density at radius 1 is 1.25 bits per heavy atom. The summed E-state index contributed by atoms with van der Waals surface area (Å²) in [5.41, 5.74) is 0.719. The molecule has 0 saturated heterocycles. The lowest BCUT2D eigenvalue weighted by Gasteiger charge is -2.32. The molecule has 150 valence electrons. The molecule has 1 amide bonds. The third-order valence-electron chi connectivity index (χ3n) is 4.93. The van der Waals surface area contributed by atoms with Crippen molar-refractivity contribution in [3.05, 3.63) is 33.5 Å². The quantitative estimate of drug-likeness (QED) is 0.683. The molecule has 28 heavy (non-hydrogen) atoms. The Morgan fingerprint density at radius 3 is 2.71 bits per heavy atom. The maximum absolute atomic E-state index is 13.1. The van der Waals surface area contributed by atoms with E-state index in [0.29, 0.717) is 22.7 Å². The molecule has 1 aromatic heterocycles. The van der Waals surface area contributed by atoms with E-state index in [0.717, 1.165) is 35.8 Å². The number of carbonyl (C=O) groups is 1. The number of benzene rings is 1. The zero-order chi connectivity index (χ0) is 20.3. The number of amides is 1. The number of halogens is 2. The van der Waals surface area contributed by atoms with Gasteiger partial charge >= 0.3 is 0 Å². The van der Waals surface area contributed by atoms with Crippen molar-refractivity contribution in [3.8, 4) is 0 Å². The van der Waals surface area contributed by atoms with Gasteiger partial charge in [-0.05, 0) is 44.4 Å². The maximum Gasteiger partial charge on any atom is 0.229 e. The molecule has 2 aromatic rings. The first-order valence-corrected chi connectivity index (χ1v) is 10.4. The molecule has 1 aliphatic rings. The lowest BCUT2D eigenvalue weighted by molar-refractivity contribution is -0.123. The van der Waals surface area contributed by atoms with Gasteiger partial charge in [-0.1, -0.05) is 34.0 Å². The van der Waals surface area contributed by atoms with E-state index < -0.39 is 0 Å². The first-order valence-electron chi connectivity index (χ1n) is 9.27. The van der Waals surface area contributed by atoms with Crippen LogP contribution in [0.2, 0.25) is 5.02 Å².